The largest absolute Gasteiger partial charge is 0.378 e. The maximum absolute atomic E-state index is 12.7. The van der Waals surface area contributed by atoms with Crippen LogP contribution in [0.4, 0.5) is 0 Å². The van der Waals surface area contributed by atoms with E-state index in [0.717, 1.165) is 18.8 Å². The summed E-state index contributed by atoms with van der Waals surface area (Å²) in [5.41, 5.74) is 0.286. The van der Waals surface area contributed by atoms with Crippen LogP contribution in [0.2, 0.25) is 0 Å². The molecule has 21 heavy (non-hydrogen) atoms. The Morgan fingerprint density at radius 1 is 1.38 bits per heavy atom. The first-order valence-corrected chi connectivity index (χ1v) is 7.38. The van der Waals surface area contributed by atoms with Crippen molar-refractivity contribution in [2.45, 2.75) is 19.1 Å². The van der Waals surface area contributed by atoms with Crippen molar-refractivity contribution in [3.63, 3.8) is 0 Å². The van der Waals surface area contributed by atoms with E-state index < -0.39 is 5.60 Å². The quantitative estimate of drug-likeness (QED) is 0.840. The summed E-state index contributed by atoms with van der Waals surface area (Å²) in [4.78, 5) is 23.9. The van der Waals surface area contributed by atoms with Crippen LogP contribution >= 0.6 is 0 Å². The van der Waals surface area contributed by atoms with Crippen molar-refractivity contribution in [2.24, 2.45) is 0 Å². The van der Waals surface area contributed by atoms with E-state index in [2.05, 4.69) is 14.9 Å². The lowest BCUT2D eigenvalue weighted by Gasteiger charge is -2.42. The molecule has 1 unspecified atom stereocenters. The Kier molecular flexibility index (Phi) is 4.23. The van der Waals surface area contributed by atoms with Crippen molar-refractivity contribution in [3.05, 3.63) is 18.2 Å². The molecule has 1 aromatic heterocycles. The van der Waals surface area contributed by atoms with Gasteiger partial charge >= 0.3 is 0 Å². The highest BCUT2D eigenvalue weighted by atomic mass is 16.5. The van der Waals surface area contributed by atoms with Crippen molar-refractivity contribution in [3.8, 4) is 0 Å². The zero-order valence-electron chi connectivity index (χ0n) is 12.4. The van der Waals surface area contributed by atoms with Gasteiger partial charge in [-0.2, -0.15) is 0 Å². The minimum atomic E-state index is -0.768. The molecule has 1 amide bonds. The number of nitrogens with one attached hydrogen (secondary N) is 1. The van der Waals surface area contributed by atoms with Gasteiger partial charge in [0.15, 0.2) is 5.60 Å². The van der Waals surface area contributed by atoms with Gasteiger partial charge in [0.05, 0.1) is 26.1 Å². The number of carbonyl (C=O) groups is 1. The van der Waals surface area contributed by atoms with Crippen molar-refractivity contribution >= 4 is 5.91 Å². The Hall–Kier alpha value is -1.44. The maximum atomic E-state index is 12.7. The third-order valence-electron chi connectivity index (χ3n) is 4.05. The summed E-state index contributed by atoms with van der Waals surface area (Å²) in [6.45, 7) is 7.17. The van der Waals surface area contributed by atoms with E-state index in [9.17, 15) is 4.79 Å². The number of imidazole rings is 1. The molecule has 2 aliphatic rings. The number of hydrogen-bond acceptors (Lipinski definition) is 5. The highest BCUT2D eigenvalue weighted by molar-refractivity contribution is 5.85. The monoisotopic (exact) mass is 294 g/mol. The molecule has 0 radical (unpaired) electrons. The second-order valence-electron chi connectivity index (χ2n) is 5.77. The maximum Gasteiger partial charge on any atom is 0.256 e. The van der Waals surface area contributed by atoms with Crippen LogP contribution in [-0.4, -0.2) is 77.3 Å². The second kappa shape index (κ2) is 6.13. The Morgan fingerprint density at radius 3 is 2.90 bits per heavy atom. The van der Waals surface area contributed by atoms with Crippen LogP contribution < -0.4 is 0 Å². The van der Waals surface area contributed by atoms with Gasteiger partial charge in [-0.05, 0) is 6.92 Å². The summed E-state index contributed by atoms with van der Waals surface area (Å²) in [7, 11) is 0. The first kappa shape index (κ1) is 14.5. The van der Waals surface area contributed by atoms with Crippen LogP contribution in [0.25, 0.3) is 0 Å². The predicted octanol–water partition coefficient (Wildman–Crippen LogP) is -0.141. The number of ether oxygens (including phenoxy) is 2. The van der Waals surface area contributed by atoms with E-state index in [0.29, 0.717) is 39.5 Å². The number of rotatable bonds is 3. The average molecular weight is 294 g/mol. The lowest BCUT2D eigenvalue weighted by atomic mass is 10.0. The van der Waals surface area contributed by atoms with Crippen LogP contribution in [0.15, 0.2) is 12.5 Å². The number of nitrogens with zero attached hydrogens (tertiary/aromatic N) is 3. The number of aromatic nitrogens is 2. The molecule has 2 saturated heterocycles. The first-order valence-electron chi connectivity index (χ1n) is 7.38. The van der Waals surface area contributed by atoms with Crippen molar-refractivity contribution in [2.75, 3.05) is 46.0 Å². The lowest BCUT2D eigenvalue weighted by molar-refractivity contribution is -0.171. The minimum Gasteiger partial charge on any atom is -0.378 e. The van der Waals surface area contributed by atoms with Crippen LogP contribution in [0, 0.1) is 0 Å². The van der Waals surface area contributed by atoms with Crippen LogP contribution in [-0.2, 0) is 20.8 Å². The fourth-order valence-electron chi connectivity index (χ4n) is 2.93. The zero-order chi connectivity index (χ0) is 14.7. The van der Waals surface area contributed by atoms with Crippen molar-refractivity contribution in [1.82, 2.24) is 19.8 Å². The predicted molar refractivity (Wildman–Crippen MR) is 75.6 cm³/mol. The Morgan fingerprint density at radius 2 is 2.19 bits per heavy atom. The van der Waals surface area contributed by atoms with E-state index in [1.54, 1.807) is 6.33 Å². The summed E-state index contributed by atoms with van der Waals surface area (Å²) < 4.78 is 11.1. The summed E-state index contributed by atoms with van der Waals surface area (Å²) >= 11 is 0. The topological polar surface area (TPSA) is 70.7 Å². The van der Waals surface area contributed by atoms with Gasteiger partial charge < -0.3 is 19.4 Å². The zero-order valence-corrected chi connectivity index (χ0v) is 12.4. The number of amides is 1. The number of H-pyrrole nitrogens is 1. The van der Waals surface area contributed by atoms with Gasteiger partial charge in [0.1, 0.15) is 0 Å². The molecule has 0 saturated carbocycles. The molecular weight excluding hydrogens is 272 g/mol. The highest BCUT2D eigenvalue weighted by Crippen LogP contribution is 2.22. The lowest BCUT2D eigenvalue weighted by Crippen LogP contribution is -2.60. The number of aromatic amines is 1. The summed E-state index contributed by atoms with van der Waals surface area (Å²) in [5, 5.41) is 0. The first-order chi connectivity index (χ1) is 10.2. The molecule has 7 heteroatoms. The van der Waals surface area contributed by atoms with Crippen molar-refractivity contribution in [1.29, 1.82) is 0 Å². The van der Waals surface area contributed by atoms with Gasteiger partial charge in [-0.25, -0.2) is 4.98 Å². The van der Waals surface area contributed by atoms with E-state index in [1.165, 1.54) is 0 Å². The highest BCUT2D eigenvalue weighted by Gasteiger charge is 2.42. The number of hydrogen-bond donors (Lipinski definition) is 1. The second-order valence-corrected chi connectivity index (χ2v) is 5.77. The molecule has 1 N–H and O–H groups in total. The van der Waals surface area contributed by atoms with Crippen LogP contribution in [0.3, 0.4) is 0 Å². The Labute approximate surface area is 124 Å². The number of morpholine rings is 2. The Balaban J connectivity index is 1.64. The summed E-state index contributed by atoms with van der Waals surface area (Å²) in [5.74, 6) is 0.0695. The molecule has 0 spiro atoms. The standard InChI is InChI=1S/C14H22N4O3/c1-14(13(19)18-3-5-20-6-4-18)10-17(2-7-21-14)9-12-8-15-11-16-12/h8,11H,2-7,9-10H2,1H3,(H,15,16). The van der Waals surface area contributed by atoms with Gasteiger partial charge in [-0.15, -0.1) is 0 Å². The minimum absolute atomic E-state index is 0.0695. The smallest absolute Gasteiger partial charge is 0.256 e. The SMILES string of the molecule is CC1(C(=O)N2CCOCC2)CN(Cc2cnc[nH]2)CCO1. The van der Waals surface area contributed by atoms with E-state index in [4.69, 9.17) is 9.47 Å². The van der Waals surface area contributed by atoms with Gasteiger partial charge in [0, 0.05) is 44.6 Å². The molecule has 3 rings (SSSR count). The molecule has 1 aromatic rings. The fourth-order valence-corrected chi connectivity index (χ4v) is 2.93. The molecule has 0 bridgehead atoms. The van der Waals surface area contributed by atoms with Gasteiger partial charge in [0.2, 0.25) is 0 Å². The molecule has 0 aliphatic carbocycles. The molecule has 3 heterocycles. The molecule has 7 nitrogen and oxygen atoms in total. The molecule has 116 valence electrons. The molecular formula is C14H22N4O3. The van der Waals surface area contributed by atoms with Gasteiger partial charge in [0.25, 0.3) is 5.91 Å². The van der Waals surface area contributed by atoms with E-state index >= 15 is 0 Å². The molecule has 0 aromatic carbocycles. The normalized spacial score (nSPS) is 27.8. The third-order valence-corrected chi connectivity index (χ3v) is 4.05. The molecule has 1 atom stereocenters. The van der Waals surface area contributed by atoms with E-state index in [1.807, 2.05) is 18.0 Å². The third kappa shape index (κ3) is 3.25. The van der Waals surface area contributed by atoms with Gasteiger partial charge in [-0.1, -0.05) is 0 Å². The summed E-state index contributed by atoms with van der Waals surface area (Å²) in [6, 6.07) is 0. The summed E-state index contributed by atoms with van der Waals surface area (Å²) in [6.07, 6.45) is 3.49. The van der Waals surface area contributed by atoms with Crippen LogP contribution in [0.5, 0.6) is 0 Å². The van der Waals surface area contributed by atoms with Gasteiger partial charge in [-0.3, -0.25) is 9.69 Å². The van der Waals surface area contributed by atoms with Crippen LogP contribution in [0.1, 0.15) is 12.6 Å². The van der Waals surface area contributed by atoms with E-state index in [-0.39, 0.29) is 5.91 Å². The fraction of sp³-hybridized carbons (Fsp3) is 0.714. The van der Waals surface area contributed by atoms with Crippen molar-refractivity contribution < 1.29 is 14.3 Å². The average Bonchev–Trinajstić information content (AvgIpc) is 3.00. The molecule has 2 fully saturated rings. The number of carbonyl (C=O) groups excluding carboxylic acids is 1. The molecule has 2 aliphatic heterocycles. The Bertz CT molecular complexity index is 473.